The van der Waals surface area contributed by atoms with Crippen LogP contribution >= 0.6 is 0 Å². The molecule has 1 heterocycles. The zero-order valence-electron chi connectivity index (χ0n) is 27.7. The van der Waals surface area contributed by atoms with Crippen LogP contribution in [0, 0.1) is 11.3 Å². The van der Waals surface area contributed by atoms with E-state index >= 15 is 0 Å². The normalized spacial score (nSPS) is 14.1. The number of nitrogens with one attached hydrogen (secondary N) is 1. The van der Waals surface area contributed by atoms with Gasteiger partial charge in [0.25, 0.3) is 0 Å². The monoisotopic (exact) mass is 592 g/mol. The summed E-state index contributed by atoms with van der Waals surface area (Å²) in [5.41, 5.74) is 18.4. The first-order valence-corrected chi connectivity index (χ1v) is 16.2. The Bertz CT molecular complexity index is 1240. The van der Waals surface area contributed by atoms with Crippen molar-refractivity contribution < 1.29 is 9.53 Å². The number of allylic oxidation sites excluding steroid dienone is 1. The highest BCUT2D eigenvalue weighted by molar-refractivity contribution is 6.11. The Labute approximate surface area is 259 Å². The molecule has 2 aromatic rings. The Balaban J connectivity index is 0.000000821. The number of hydrogen-bond donors (Lipinski definition) is 3. The maximum absolute atomic E-state index is 12.8. The van der Waals surface area contributed by atoms with Crippen molar-refractivity contribution in [1.82, 2.24) is 9.88 Å². The quantitative estimate of drug-likeness (QED) is 0.161. The number of nitrogen functional groups attached to an aromatic ring is 1. The first-order chi connectivity index (χ1) is 20.6. The van der Waals surface area contributed by atoms with Gasteiger partial charge in [0.1, 0.15) is 0 Å². The first-order valence-electron chi connectivity index (χ1n) is 16.2. The largest absolute Gasteiger partial charge is 0.404 e. The lowest BCUT2D eigenvalue weighted by Crippen LogP contribution is -2.33. The van der Waals surface area contributed by atoms with Crippen LogP contribution in [0.15, 0.2) is 23.3 Å². The van der Waals surface area contributed by atoms with E-state index in [9.17, 15) is 4.79 Å². The fourth-order valence-corrected chi connectivity index (χ4v) is 5.48. The molecule has 0 spiro atoms. The first kappa shape index (κ1) is 35.9. The Morgan fingerprint density at radius 2 is 1.77 bits per heavy atom. The molecule has 8 heteroatoms. The molecule has 238 valence electrons. The molecule has 0 radical (unpaired) electrons. The lowest BCUT2D eigenvalue weighted by Gasteiger charge is -2.23. The van der Waals surface area contributed by atoms with Crippen LogP contribution in [-0.2, 0) is 22.4 Å². The maximum Gasteiger partial charge on any atom is 0.224 e. The van der Waals surface area contributed by atoms with Gasteiger partial charge in [-0.05, 0) is 95.4 Å². The number of ether oxygens (including phenoxy) is 1. The topological polar surface area (TPSA) is 131 Å². The smallest absolute Gasteiger partial charge is 0.224 e. The molecule has 1 aromatic carbocycles. The molecule has 1 unspecified atom stereocenters. The predicted molar refractivity (Wildman–Crippen MR) is 183 cm³/mol. The summed E-state index contributed by atoms with van der Waals surface area (Å²) in [4.78, 5) is 24.3. The molecular formula is C35H56N6O2. The molecule has 1 aromatic heterocycles. The fraction of sp³-hybridized carbons (Fsp3) is 0.600. The number of aryl methyl sites for hydroxylation is 1. The van der Waals surface area contributed by atoms with Gasteiger partial charge in [-0.15, -0.1) is 0 Å². The van der Waals surface area contributed by atoms with E-state index in [1.807, 2.05) is 44.7 Å². The van der Waals surface area contributed by atoms with Gasteiger partial charge in [-0.25, -0.2) is 4.98 Å². The third kappa shape index (κ3) is 10.8. The maximum atomic E-state index is 12.8. The molecule has 1 aliphatic rings. The number of rotatable bonds is 14. The molecule has 0 bridgehead atoms. The minimum atomic E-state index is 0.161. The number of fused-ring (bicyclic) bond motifs is 3. The van der Waals surface area contributed by atoms with Crippen molar-refractivity contribution in [3.05, 3.63) is 40.7 Å². The van der Waals surface area contributed by atoms with E-state index in [4.69, 9.17) is 26.6 Å². The number of amides is 1. The number of aliphatic imine (C=N–C) groups is 1. The third-order valence-electron chi connectivity index (χ3n) is 7.81. The molecule has 43 heavy (non-hydrogen) atoms. The van der Waals surface area contributed by atoms with Crippen LogP contribution in [0.25, 0.3) is 16.5 Å². The standard InChI is InChI=1S/C29H42N6O.C6H14O/c1-4-15-35(16-13-20(3)5-2)27(36)12-14-33-19-21(17-30)29-23-9-7-6-8-22(23)28-24(18-31)25(32)10-11-26(28)34-29;1-5(2)7-6(3)4/h10-11,17-20,31H,4-9,12-16,30,32H2,1-3H3;5-6H,1-4H3/b21-17+,31-18?,33-19?;. The van der Waals surface area contributed by atoms with E-state index in [1.165, 1.54) is 17.3 Å². The van der Waals surface area contributed by atoms with Crippen molar-refractivity contribution in [3.63, 3.8) is 0 Å². The second-order valence-electron chi connectivity index (χ2n) is 12.1. The summed E-state index contributed by atoms with van der Waals surface area (Å²) in [6.07, 6.45) is 12.9. The molecule has 1 amide bonds. The molecule has 0 fully saturated rings. The lowest BCUT2D eigenvalue weighted by molar-refractivity contribution is -0.131. The second kappa shape index (κ2) is 18.4. The third-order valence-corrected chi connectivity index (χ3v) is 7.81. The molecule has 0 aliphatic heterocycles. The van der Waals surface area contributed by atoms with Crippen molar-refractivity contribution in [2.24, 2.45) is 16.6 Å². The summed E-state index contributed by atoms with van der Waals surface area (Å²) in [5.74, 6) is 0.785. The van der Waals surface area contributed by atoms with Crippen LogP contribution < -0.4 is 11.5 Å². The number of carbonyl (C=O) groups excluding carboxylic acids is 1. The zero-order chi connectivity index (χ0) is 31.9. The van der Waals surface area contributed by atoms with E-state index in [1.54, 1.807) is 12.4 Å². The van der Waals surface area contributed by atoms with Crippen molar-refractivity contribution in [3.8, 4) is 0 Å². The van der Waals surface area contributed by atoms with E-state index in [-0.39, 0.29) is 5.91 Å². The average Bonchev–Trinajstić information content (AvgIpc) is 2.98. The van der Waals surface area contributed by atoms with Crippen molar-refractivity contribution in [1.29, 1.82) is 5.41 Å². The molecule has 0 saturated carbocycles. The lowest BCUT2D eigenvalue weighted by atomic mass is 9.85. The van der Waals surface area contributed by atoms with Gasteiger partial charge in [-0.1, -0.05) is 27.2 Å². The molecule has 0 saturated heterocycles. The Hall–Kier alpha value is -3.26. The molecule has 1 atom stereocenters. The van der Waals surface area contributed by atoms with Gasteiger partial charge in [0.05, 0.1) is 23.4 Å². The summed E-state index contributed by atoms with van der Waals surface area (Å²) < 4.78 is 5.25. The number of pyridine rings is 1. The average molecular weight is 593 g/mol. The molecule has 1 aliphatic carbocycles. The second-order valence-corrected chi connectivity index (χ2v) is 12.1. The summed E-state index contributed by atoms with van der Waals surface area (Å²) >= 11 is 0. The van der Waals surface area contributed by atoms with Gasteiger partial charge < -0.3 is 26.5 Å². The Morgan fingerprint density at radius 1 is 1.09 bits per heavy atom. The highest BCUT2D eigenvalue weighted by Gasteiger charge is 2.22. The number of benzene rings is 1. The van der Waals surface area contributed by atoms with Gasteiger partial charge in [0.2, 0.25) is 5.91 Å². The van der Waals surface area contributed by atoms with Crippen LogP contribution in [0.4, 0.5) is 5.69 Å². The summed E-state index contributed by atoms with van der Waals surface area (Å²) in [7, 11) is 0. The van der Waals surface area contributed by atoms with E-state index < -0.39 is 0 Å². The number of hydrogen-bond acceptors (Lipinski definition) is 7. The molecule has 8 nitrogen and oxygen atoms in total. The Morgan fingerprint density at radius 3 is 2.33 bits per heavy atom. The van der Waals surface area contributed by atoms with Crippen LogP contribution in [0.2, 0.25) is 0 Å². The number of aromatic nitrogens is 1. The van der Waals surface area contributed by atoms with Crippen molar-refractivity contribution in [2.45, 2.75) is 112 Å². The van der Waals surface area contributed by atoms with Crippen LogP contribution in [0.1, 0.15) is 109 Å². The highest BCUT2D eigenvalue weighted by atomic mass is 16.5. The van der Waals surface area contributed by atoms with E-state index in [2.05, 4.69) is 25.8 Å². The van der Waals surface area contributed by atoms with Crippen LogP contribution in [0.5, 0.6) is 0 Å². The minimum Gasteiger partial charge on any atom is -0.404 e. The number of carbonyl (C=O) groups is 1. The van der Waals surface area contributed by atoms with Crippen LogP contribution in [0.3, 0.4) is 0 Å². The minimum absolute atomic E-state index is 0.161. The van der Waals surface area contributed by atoms with E-state index in [0.717, 1.165) is 85.8 Å². The van der Waals surface area contributed by atoms with Crippen molar-refractivity contribution >= 4 is 40.5 Å². The highest BCUT2D eigenvalue weighted by Crippen LogP contribution is 2.35. The predicted octanol–water partition coefficient (Wildman–Crippen LogP) is 6.95. The summed E-state index contributed by atoms with van der Waals surface area (Å²) in [6.45, 7) is 16.7. The molecule has 3 rings (SSSR count). The molecule has 5 N–H and O–H groups in total. The fourth-order valence-electron chi connectivity index (χ4n) is 5.48. The molecular weight excluding hydrogens is 536 g/mol. The summed E-state index contributed by atoms with van der Waals surface area (Å²) in [6, 6.07) is 3.73. The van der Waals surface area contributed by atoms with Gasteiger partial charge in [0.15, 0.2) is 0 Å². The number of anilines is 1. The van der Waals surface area contributed by atoms with Gasteiger partial charge in [0, 0.05) is 66.9 Å². The SMILES string of the molecule is CC(C)OC(C)C.CCCN(CCC(C)CC)C(=O)CCN=C/C(=C\N)c1nc2ccc(N)c(C=N)c2c2c1CCCC2. The van der Waals surface area contributed by atoms with Gasteiger partial charge in [-0.2, -0.15) is 0 Å². The van der Waals surface area contributed by atoms with Crippen LogP contribution in [-0.4, -0.2) is 60.1 Å². The van der Waals surface area contributed by atoms with Gasteiger partial charge >= 0.3 is 0 Å². The van der Waals surface area contributed by atoms with E-state index in [0.29, 0.717) is 36.8 Å². The van der Waals surface area contributed by atoms with Gasteiger partial charge in [-0.3, -0.25) is 9.79 Å². The van der Waals surface area contributed by atoms with Crippen molar-refractivity contribution in [2.75, 3.05) is 25.4 Å². The number of nitrogens with zero attached hydrogens (tertiary/aromatic N) is 3. The number of nitrogens with two attached hydrogens (primary N) is 2. The Kier molecular flexibility index (Phi) is 15.4. The summed E-state index contributed by atoms with van der Waals surface area (Å²) in [5, 5.41) is 8.88. The zero-order valence-corrected chi connectivity index (χ0v) is 27.7.